The fraction of sp³-hybridized carbons (Fsp3) is 0.360. The van der Waals surface area contributed by atoms with Gasteiger partial charge >= 0.3 is 0 Å². The molecule has 4 rings (SSSR count). The smallest absolute Gasteiger partial charge is 0.285 e. The summed E-state index contributed by atoms with van der Waals surface area (Å²) in [5.41, 5.74) is 3.32. The third-order valence-electron chi connectivity index (χ3n) is 5.76. The molecule has 2 heterocycles. The molecule has 0 aromatic heterocycles. The molecule has 0 aliphatic carbocycles. The van der Waals surface area contributed by atoms with E-state index >= 15 is 0 Å². The number of halogens is 1. The number of allylic oxidation sites excluding steroid dienone is 2. The van der Waals surface area contributed by atoms with E-state index in [9.17, 15) is 0 Å². The second-order valence-corrected chi connectivity index (χ2v) is 7.44. The van der Waals surface area contributed by atoms with Crippen molar-refractivity contribution in [1.82, 2.24) is 0 Å². The fourth-order valence-corrected chi connectivity index (χ4v) is 4.07. The van der Waals surface area contributed by atoms with Crippen molar-refractivity contribution in [3.8, 4) is 23.0 Å². The molecule has 0 saturated carbocycles. The van der Waals surface area contributed by atoms with Gasteiger partial charge in [0.15, 0.2) is 5.75 Å². The van der Waals surface area contributed by atoms with E-state index in [1.165, 1.54) is 5.57 Å². The van der Waals surface area contributed by atoms with Gasteiger partial charge in [0, 0.05) is 43.4 Å². The van der Waals surface area contributed by atoms with E-state index < -0.39 is 0 Å². The number of hydrogen-bond donors (Lipinski definition) is 0. The first-order valence-electron chi connectivity index (χ1n) is 10.8. The molecule has 1 atom stereocenters. The molecule has 7 heteroatoms. The van der Waals surface area contributed by atoms with Gasteiger partial charge in [0.05, 0.1) is 19.9 Å². The number of likely N-dealkylation sites (N-methyl/N-ethyl adjacent to an activating group) is 1. The van der Waals surface area contributed by atoms with E-state index in [0.717, 1.165) is 59.8 Å². The van der Waals surface area contributed by atoms with Crippen LogP contribution in [0.4, 0.5) is 11.4 Å². The molecule has 32 heavy (non-hydrogen) atoms. The number of methoxy groups -OCH3 is 2. The van der Waals surface area contributed by atoms with E-state index in [1.54, 1.807) is 14.2 Å². The summed E-state index contributed by atoms with van der Waals surface area (Å²) in [6, 6.07) is 11.9. The van der Waals surface area contributed by atoms with Crippen molar-refractivity contribution in [1.29, 1.82) is 0 Å². The summed E-state index contributed by atoms with van der Waals surface area (Å²) in [7, 11) is 3.37. The Morgan fingerprint density at radius 1 is 1.00 bits per heavy atom. The maximum absolute atomic E-state index is 6.18. The molecular weight excluding hydrogens is 519 g/mol. The third kappa shape index (κ3) is 4.48. The molecule has 172 valence electrons. The molecule has 1 unspecified atom stereocenters. The molecule has 0 bridgehead atoms. The maximum atomic E-state index is 6.18. The monoisotopic (exact) mass is 550 g/mol. The van der Waals surface area contributed by atoms with Crippen LogP contribution in [0.15, 0.2) is 60.0 Å². The molecule has 0 saturated heterocycles. The third-order valence-corrected chi connectivity index (χ3v) is 5.76. The molecular formula is C25H31IN2O4. The van der Waals surface area contributed by atoms with Crippen LogP contribution in [0.25, 0.3) is 0 Å². The molecule has 1 N–H and O–H groups in total. The minimum Gasteiger partial charge on any atom is -1.00 e. The van der Waals surface area contributed by atoms with Gasteiger partial charge in [-0.2, -0.15) is 0 Å². The predicted molar refractivity (Wildman–Crippen MR) is 125 cm³/mol. The highest BCUT2D eigenvalue weighted by molar-refractivity contribution is 5.69. The van der Waals surface area contributed by atoms with E-state index in [-0.39, 0.29) is 30.2 Å². The van der Waals surface area contributed by atoms with Crippen LogP contribution < -0.4 is 48.0 Å². The molecule has 2 aromatic rings. The number of hydrogen-bond acceptors (Lipinski definition) is 5. The van der Waals surface area contributed by atoms with Gasteiger partial charge in [-0.3, -0.25) is 4.90 Å². The van der Waals surface area contributed by atoms with Crippen LogP contribution in [0.1, 0.15) is 27.2 Å². The average Bonchev–Trinajstić information content (AvgIpc) is 3.33. The molecule has 2 aliphatic heterocycles. The van der Waals surface area contributed by atoms with E-state index in [1.807, 2.05) is 30.3 Å². The van der Waals surface area contributed by atoms with E-state index in [0.29, 0.717) is 0 Å². The Hall–Kier alpha value is -2.55. The number of anilines is 2. The fourth-order valence-electron chi connectivity index (χ4n) is 4.07. The number of rotatable bonds is 7. The zero-order valence-electron chi connectivity index (χ0n) is 19.3. The van der Waals surface area contributed by atoms with Crippen molar-refractivity contribution in [3.63, 3.8) is 0 Å². The van der Waals surface area contributed by atoms with Gasteiger partial charge in [-0.15, -0.1) is 0 Å². The Labute approximate surface area is 207 Å². The van der Waals surface area contributed by atoms with Crippen LogP contribution in [0, 0.1) is 0 Å². The van der Waals surface area contributed by atoms with Gasteiger partial charge in [0.1, 0.15) is 17.2 Å². The van der Waals surface area contributed by atoms with Crippen LogP contribution in [0.2, 0.25) is 0 Å². The number of aliphatic hydroxyl groups is 1. The highest BCUT2D eigenvalue weighted by Crippen LogP contribution is 2.43. The van der Waals surface area contributed by atoms with Crippen LogP contribution in [-0.4, -0.2) is 38.3 Å². The standard InChI is InChI=1S/C25H30N2O4.HI/c1-6-17(13-24-26(7-2)20-15-18(28-4)9-11-22(20)30-24)14-25-27(8-3)21-16-19(29-5)10-12-23(21)31-25;/h9-16,24H,6-8H2,1-5H3;1H/b17-13+,25-14-;. The molecule has 0 amide bonds. The molecule has 2 aromatic carbocycles. The quantitative estimate of drug-likeness (QED) is 0.391. The first kappa shape index (κ1) is 24.1. The van der Waals surface area contributed by atoms with Gasteiger partial charge in [-0.25, -0.2) is 0 Å². The van der Waals surface area contributed by atoms with Gasteiger partial charge in [0.2, 0.25) is 5.88 Å². The Balaban J connectivity index is 0.00000289. The number of nitrogens with zero attached hydrogens (tertiary/aromatic N) is 2. The van der Waals surface area contributed by atoms with E-state index in [4.69, 9.17) is 18.9 Å². The SMILES string of the molecule is CCC(/C=C1\Oc2ccc(OC)cc2N1CC)=C\C1[OH+]c2ccc(OC)cc2N1CC.[I-]. The summed E-state index contributed by atoms with van der Waals surface area (Å²) in [5.74, 6) is 4.35. The summed E-state index contributed by atoms with van der Waals surface area (Å²) in [6.07, 6.45) is 5.19. The van der Waals surface area contributed by atoms with Crippen molar-refractivity contribution < 1.29 is 42.9 Å². The second kappa shape index (κ2) is 10.4. The zero-order valence-corrected chi connectivity index (χ0v) is 21.4. The lowest BCUT2D eigenvalue weighted by Crippen LogP contribution is -3.00. The van der Waals surface area contributed by atoms with Crippen LogP contribution >= 0.6 is 0 Å². The summed E-state index contributed by atoms with van der Waals surface area (Å²) in [5, 5.41) is 0. The molecule has 0 radical (unpaired) electrons. The summed E-state index contributed by atoms with van der Waals surface area (Å²) < 4.78 is 21.9. The Morgan fingerprint density at radius 2 is 1.69 bits per heavy atom. The first-order valence-corrected chi connectivity index (χ1v) is 10.8. The highest BCUT2D eigenvalue weighted by Gasteiger charge is 2.34. The summed E-state index contributed by atoms with van der Waals surface area (Å²) in [6.45, 7) is 8.10. The van der Waals surface area contributed by atoms with Crippen molar-refractivity contribution in [2.45, 2.75) is 33.4 Å². The lowest BCUT2D eigenvalue weighted by molar-refractivity contribution is -0.0000133. The van der Waals surface area contributed by atoms with E-state index in [2.05, 4.69) is 48.8 Å². The lowest BCUT2D eigenvalue weighted by atomic mass is 10.1. The Bertz CT molecular complexity index is 1020. The number of benzene rings is 2. The molecule has 6 nitrogen and oxygen atoms in total. The second-order valence-electron chi connectivity index (χ2n) is 7.44. The first-order chi connectivity index (χ1) is 15.1. The van der Waals surface area contributed by atoms with Crippen molar-refractivity contribution in [3.05, 3.63) is 60.0 Å². The molecule has 0 fully saturated rings. The van der Waals surface area contributed by atoms with Crippen molar-refractivity contribution in [2.24, 2.45) is 0 Å². The van der Waals surface area contributed by atoms with Crippen LogP contribution in [0.3, 0.4) is 0 Å². The minimum atomic E-state index is -0.0437. The van der Waals surface area contributed by atoms with Crippen molar-refractivity contribution >= 4 is 11.4 Å². The number of aromatic hydroxyl groups is 1. The summed E-state index contributed by atoms with van der Waals surface area (Å²) >= 11 is 0. The predicted octanol–water partition coefficient (Wildman–Crippen LogP) is 2.21. The summed E-state index contributed by atoms with van der Waals surface area (Å²) in [4.78, 5) is 4.46. The Morgan fingerprint density at radius 3 is 2.31 bits per heavy atom. The Kier molecular flexibility index (Phi) is 7.82. The van der Waals surface area contributed by atoms with Gasteiger partial charge in [-0.1, -0.05) is 6.92 Å². The maximum Gasteiger partial charge on any atom is 0.285 e. The minimum absolute atomic E-state index is 0. The largest absolute Gasteiger partial charge is 1.00 e. The van der Waals surface area contributed by atoms with Crippen molar-refractivity contribution in [2.75, 3.05) is 37.1 Å². The van der Waals surface area contributed by atoms with Crippen LogP contribution in [0.5, 0.6) is 23.0 Å². The normalized spacial score (nSPS) is 18.0. The topological polar surface area (TPSA) is 47.0 Å². The number of fused-ring (bicyclic) bond motifs is 2. The van der Waals surface area contributed by atoms with Gasteiger partial charge in [-0.05, 0) is 44.0 Å². The van der Waals surface area contributed by atoms with Gasteiger partial charge in [0.25, 0.3) is 12.0 Å². The van der Waals surface area contributed by atoms with Crippen LogP contribution in [-0.2, 0) is 0 Å². The average molecular weight is 550 g/mol. The lowest BCUT2D eigenvalue weighted by Gasteiger charge is -2.19. The molecule has 0 spiro atoms. The highest BCUT2D eigenvalue weighted by atomic mass is 127. The zero-order chi connectivity index (χ0) is 22.0. The van der Waals surface area contributed by atoms with Gasteiger partial charge < -0.3 is 47.8 Å². The number of ether oxygens (including phenoxy) is 4. The molecule has 2 aliphatic rings.